The number of hydrogen-bond acceptors (Lipinski definition) is 6. The Labute approximate surface area is 141 Å². The second-order valence-electron chi connectivity index (χ2n) is 4.84. The third-order valence-corrected chi connectivity index (χ3v) is 4.52. The first-order valence-electron chi connectivity index (χ1n) is 6.85. The van der Waals surface area contributed by atoms with Crippen molar-refractivity contribution in [2.75, 3.05) is 0 Å². The van der Waals surface area contributed by atoms with E-state index < -0.39 is 0 Å². The smallest absolute Gasteiger partial charge is 0.226 e. The van der Waals surface area contributed by atoms with E-state index in [0.29, 0.717) is 17.1 Å². The molecule has 0 fully saturated rings. The number of aromatic amines is 1. The van der Waals surface area contributed by atoms with Crippen molar-refractivity contribution in [2.45, 2.75) is 13.0 Å². The van der Waals surface area contributed by atoms with Gasteiger partial charge < -0.3 is 9.88 Å². The van der Waals surface area contributed by atoms with Crippen LogP contribution < -0.4 is 5.32 Å². The van der Waals surface area contributed by atoms with E-state index in [4.69, 9.17) is 12.2 Å². The second-order valence-corrected chi connectivity index (χ2v) is 6.09. The number of pyridine rings is 1. The first-order chi connectivity index (χ1) is 11.1. The lowest BCUT2D eigenvalue weighted by Crippen LogP contribution is -2.26. The SMILES string of the molecule is Cn1c(CNC(=O)Cc2csc(-c3cccnc3)n2)n[nH]c1=S. The molecular formula is C14H14N6OS2. The van der Waals surface area contributed by atoms with Gasteiger partial charge in [0, 0.05) is 30.4 Å². The standard InChI is InChI=1S/C14H14N6OS2/c1-20-11(18-19-14(20)22)7-16-12(21)5-10-8-23-13(17-10)9-3-2-4-15-6-9/h2-4,6,8H,5,7H2,1H3,(H,16,21)(H,19,22). The highest BCUT2D eigenvalue weighted by Crippen LogP contribution is 2.22. The lowest BCUT2D eigenvalue weighted by molar-refractivity contribution is -0.120. The molecule has 0 spiro atoms. The van der Waals surface area contributed by atoms with Crippen LogP contribution in [0.25, 0.3) is 10.6 Å². The van der Waals surface area contributed by atoms with Crippen LogP contribution in [0.1, 0.15) is 11.5 Å². The minimum atomic E-state index is -0.109. The molecule has 2 N–H and O–H groups in total. The average Bonchev–Trinajstić information content (AvgIpc) is 3.15. The van der Waals surface area contributed by atoms with Crippen molar-refractivity contribution in [3.05, 3.63) is 46.2 Å². The Balaban J connectivity index is 1.59. The highest BCUT2D eigenvalue weighted by molar-refractivity contribution is 7.71. The van der Waals surface area contributed by atoms with E-state index in [1.165, 1.54) is 11.3 Å². The molecule has 0 atom stereocenters. The normalized spacial score (nSPS) is 10.7. The molecule has 7 nitrogen and oxygen atoms in total. The van der Waals surface area contributed by atoms with E-state index in [-0.39, 0.29) is 12.3 Å². The average molecular weight is 346 g/mol. The predicted molar refractivity (Wildman–Crippen MR) is 89.3 cm³/mol. The molecule has 3 aromatic rings. The van der Waals surface area contributed by atoms with Crippen LogP contribution in [0.4, 0.5) is 0 Å². The fourth-order valence-corrected chi connectivity index (χ4v) is 2.91. The highest BCUT2D eigenvalue weighted by Gasteiger charge is 2.10. The van der Waals surface area contributed by atoms with Crippen LogP contribution in [0.15, 0.2) is 29.9 Å². The molecule has 118 valence electrons. The minimum absolute atomic E-state index is 0.109. The van der Waals surface area contributed by atoms with Crippen LogP contribution in [0, 0.1) is 4.77 Å². The lowest BCUT2D eigenvalue weighted by atomic mass is 10.3. The summed E-state index contributed by atoms with van der Waals surface area (Å²) in [5.74, 6) is 0.569. The van der Waals surface area contributed by atoms with Crippen molar-refractivity contribution in [3.63, 3.8) is 0 Å². The minimum Gasteiger partial charge on any atom is -0.348 e. The summed E-state index contributed by atoms with van der Waals surface area (Å²) in [6, 6.07) is 3.81. The van der Waals surface area contributed by atoms with Crippen molar-refractivity contribution in [2.24, 2.45) is 7.05 Å². The maximum atomic E-state index is 12.0. The van der Waals surface area contributed by atoms with Crippen LogP contribution >= 0.6 is 23.6 Å². The van der Waals surface area contributed by atoms with Crippen LogP contribution in [0.3, 0.4) is 0 Å². The Morgan fingerprint density at radius 1 is 1.52 bits per heavy atom. The Bertz CT molecular complexity index is 867. The van der Waals surface area contributed by atoms with Gasteiger partial charge in [0.1, 0.15) is 5.01 Å². The zero-order valence-electron chi connectivity index (χ0n) is 12.3. The van der Waals surface area contributed by atoms with Crippen molar-refractivity contribution < 1.29 is 4.79 Å². The topological polar surface area (TPSA) is 88.5 Å². The number of nitrogens with zero attached hydrogens (tertiary/aromatic N) is 4. The van der Waals surface area contributed by atoms with Crippen LogP contribution in [-0.2, 0) is 24.8 Å². The molecule has 0 bridgehead atoms. The summed E-state index contributed by atoms with van der Waals surface area (Å²) >= 11 is 6.53. The number of H-pyrrole nitrogens is 1. The van der Waals surface area contributed by atoms with Gasteiger partial charge in [0.2, 0.25) is 5.91 Å². The highest BCUT2D eigenvalue weighted by atomic mass is 32.1. The van der Waals surface area contributed by atoms with Crippen molar-refractivity contribution >= 4 is 29.5 Å². The summed E-state index contributed by atoms with van der Waals surface area (Å²) in [6.07, 6.45) is 3.70. The van der Waals surface area contributed by atoms with E-state index in [1.54, 1.807) is 24.0 Å². The number of amides is 1. The first kappa shape index (κ1) is 15.5. The number of nitrogens with one attached hydrogen (secondary N) is 2. The Morgan fingerprint density at radius 3 is 3.09 bits per heavy atom. The van der Waals surface area contributed by atoms with E-state index in [1.807, 2.05) is 17.5 Å². The number of hydrogen-bond donors (Lipinski definition) is 2. The molecule has 3 heterocycles. The van der Waals surface area contributed by atoms with Gasteiger partial charge in [-0.1, -0.05) is 0 Å². The van der Waals surface area contributed by atoms with Gasteiger partial charge in [0.15, 0.2) is 10.6 Å². The summed E-state index contributed by atoms with van der Waals surface area (Å²) < 4.78 is 2.24. The fourth-order valence-electron chi connectivity index (χ4n) is 1.95. The number of thiazole rings is 1. The number of carbonyl (C=O) groups is 1. The van der Waals surface area contributed by atoms with Gasteiger partial charge >= 0.3 is 0 Å². The van der Waals surface area contributed by atoms with Gasteiger partial charge in [0.25, 0.3) is 0 Å². The largest absolute Gasteiger partial charge is 0.348 e. The molecule has 0 saturated heterocycles. The number of aromatic nitrogens is 5. The molecule has 3 rings (SSSR count). The van der Waals surface area contributed by atoms with E-state index in [0.717, 1.165) is 16.3 Å². The molecule has 0 unspecified atom stereocenters. The Morgan fingerprint density at radius 2 is 2.39 bits per heavy atom. The first-order valence-corrected chi connectivity index (χ1v) is 8.14. The van der Waals surface area contributed by atoms with Gasteiger partial charge in [0.05, 0.1) is 18.7 Å². The van der Waals surface area contributed by atoms with E-state index >= 15 is 0 Å². The third kappa shape index (κ3) is 3.69. The number of carbonyl (C=O) groups excluding carboxylic acids is 1. The van der Waals surface area contributed by atoms with Gasteiger partial charge in [-0.2, -0.15) is 5.10 Å². The quantitative estimate of drug-likeness (QED) is 0.689. The van der Waals surface area contributed by atoms with Gasteiger partial charge in [-0.3, -0.25) is 14.9 Å². The molecule has 0 aliphatic carbocycles. The lowest BCUT2D eigenvalue weighted by Gasteiger charge is -2.03. The molecule has 3 aromatic heterocycles. The van der Waals surface area contributed by atoms with Crippen LogP contribution in [0.5, 0.6) is 0 Å². The molecule has 0 aromatic carbocycles. The Kier molecular flexibility index (Phi) is 4.58. The van der Waals surface area contributed by atoms with Crippen molar-refractivity contribution in [3.8, 4) is 10.6 Å². The molecule has 0 aliphatic heterocycles. The fraction of sp³-hybridized carbons (Fsp3) is 0.214. The molecule has 1 amide bonds. The number of rotatable bonds is 5. The molecule has 9 heteroatoms. The maximum absolute atomic E-state index is 12.0. The van der Waals surface area contributed by atoms with Gasteiger partial charge in [-0.05, 0) is 24.4 Å². The van der Waals surface area contributed by atoms with E-state index in [2.05, 4.69) is 25.5 Å². The van der Waals surface area contributed by atoms with Crippen LogP contribution in [-0.4, -0.2) is 30.6 Å². The zero-order chi connectivity index (χ0) is 16.2. The second kappa shape index (κ2) is 6.80. The van der Waals surface area contributed by atoms with Crippen LogP contribution in [0.2, 0.25) is 0 Å². The molecule has 0 saturated carbocycles. The van der Waals surface area contributed by atoms with Gasteiger partial charge in [-0.25, -0.2) is 4.98 Å². The molecule has 0 aliphatic rings. The zero-order valence-corrected chi connectivity index (χ0v) is 13.9. The summed E-state index contributed by atoms with van der Waals surface area (Å²) in [6.45, 7) is 0.322. The maximum Gasteiger partial charge on any atom is 0.226 e. The summed E-state index contributed by atoms with van der Waals surface area (Å²) in [4.78, 5) is 20.6. The predicted octanol–water partition coefficient (Wildman–Crippen LogP) is 1.86. The third-order valence-electron chi connectivity index (χ3n) is 3.22. The Hall–Kier alpha value is -2.39. The summed E-state index contributed by atoms with van der Waals surface area (Å²) in [5, 5.41) is 12.3. The molecule has 23 heavy (non-hydrogen) atoms. The molecular weight excluding hydrogens is 332 g/mol. The van der Waals surface area contributed by atoms with Crippen molar-refractivity contribution in [1.29, 1.82) is 0 Å². The van der Waals surface area contributed by atoms with E-state index in [9.17, 15) is 4.79 Å². The monoisotopic (exact) mass is 346 g/mol. The summed E-state index contributed by atoms with van der Waals surface area (Å²) in [5.41, 5.74) is 1.69. The van der Waals surface area contributed by atoms with Crippen molar-refractivity contribution in [1.82, 2.24) is 30.0 Å². The molecule has 0 radical (unpaired) electrons. The van der Waals surface area contributed by atoms with Gasteiger partial charge in [-0.15, -0.1) is 11.3 Å². The summed E-state index contributed by atoms with van der Waals surface area (Å²) in [7, 11) is 1.80.